The number of ketones is 1. The van der Waals surface area contributed by atoms with Gasteiger partial charge in [-0.2, -0.15) is 0 Å². The molecule has 1 saturated heterocycles. The minimum absolute atomic E-state index is 0.0376. The van der Waals surface area contributed by atoms with E-state index in [2.05, 4.69) is 9.80 Å². The standard InChI is InChI=1S/C13H20N2O3/c16-9-8-14-4-2-5-15(7-6-14)11-12(17)13-3-1-10-18-13/h1,3,10,16H,2,4-9,11H2. The first-order chi connectivity index (χ1) is 8.79. The van der Waals surface area contributed by atoms with E-state index in [9.17, 15) is 4.79 Å². The van der Waals surface area contributed by atoms with Crippen molar-refractivity contribution in [2.45, 2.75) is 6.42 Å². The lowest BCUT2D eigenvalue weighted by Crippen LogP contribution is -2.35. The summed E-state index contributed by atoms with van der Waals surface area (Å²) in [6.07, 6.45) is 2.56. The van der Waals surface area contributed by atoms with Gasteiger partial charge < -0.3 is 9.52 Å². The van der Waals surface area contributed by atoms with Crippen molar-refractivity contribution in [3.63, 3.8) is 0 Å². The maximum absolute atomic E-state index is 11.9. The van der Waals surface area contributed by atoms with Crippen LogP contribution in [0.1, 0.15) is 17.0 Å². The number of furan rings is 1. The molecule has 0 atom stereocenters. The van der Waals surface area contributed by atoms with E-state index < -0.39 is 0 Å². The fourth-order valence-corrected chi connectivity index (χ4v) is 2.27. The second-order valence-corrected chi connectivity index (χ2v) is 4.60. The molecule has 5 heteroatoms. The number of hydrogen-bond acceptors (Lipinski definition) is 5. The van der Waals surface area contributed by atoms with Crippen LogP contribution in [0.4, 0.5) is 0 Å². The fourth-order valence-electron chi connectivity index (χ4n) is 2.27. The zero-order chi connectivity index (χ0) is 12.8. The maximum Gasteiger partial charge on any atom is 0.211 e. The lowest BCUT2D eigenvalue weighted by atomic mass is 10.2. The summed E-state index contributed by atoms with van der Waals surface area (Å²) in [5.41, 5.74) is 0. The minimum Gasteiger partial charge on any atom is -0.461 e. The highest BCUT2D eigenvalue weighted by Gasteiger charge is 2.18. The molecule has 0 unspecified atom stereocenters. The van der Waals surface area contributed by atoms with Crippen LogP contribution in [0.15, 0.2) is 22.8 Å². The van der Waals surface area contributed by atoms with Gasteiger partial charge in [-0.1, -0.05) is 0 Å². The summed E-state index contributed by atoms with van der Waals surface area (Å²) in [5.74, 6) is 0.474. The molecule has 1 aromatic heterocycles. The molecule has 5 nitrogen and oxygen atoms in total. The van der Waals surface area contributed by atoms with Gasteiger partial charge in [-0.3, -0.25) is 14.6 Å². The average Bonchev–Trinajstić information content (AvgIpc) is 2.81. The number of carbonyl (C=O) groups is 1. The van der Waals surface area contributed by atoms with Gasteiger partial charge in [0.2, 0.25) is 5.78 Å². The number of Topliss-reactive ketones (excluding diaryl/α,β-unsaturated/α-hetero) is 1. The Morgan fingerprint density at radius 3 is 2.78 bits per heavy atom. The Labute approximate surface area is 107 Å². The van der Waals surface area contributed by atoms with Gasteiger partial charge in [0.25, 0.3) is 0 Å². The zero-order valence-corrected chi connectivity index (χ0v) is 10.5. The van der Waals surface area contributed by atoms with Gasteiger partial charge in [-0.25, -0.2) is 0 Å². The zero-order valence-electron chi connectivity index (χ0n) is 10.5. The molecule has 2 rings (SSSR count). The molecule has 1 fully saturated rings. The van der Waals surface area contributed by atoms with Crippen molar-refractivity contribution >= 4 is 5.78 Å². The van der Waals surface area contributed by atoms with Crippen LogP contribution in [-0.4, -0.2) is 66.6 Å². The van der Waals surface area contributed by atoms with Gasteiger partial charge in [-0.15, -0.1) is 0 Å². The van der Waals surface area contributed by atoms with Gasteiger partial charge >= 0.3 is 0 Å². The van der Waals surface area contributed by atoms with Crippen molar-refractivity contribution in [1.29, 1.82) is 0 Å². The number of aliphatic hydroxyl groups excluding tert-OH is 1. The topological polar surface area (TPSA) is 56.9 Å². The lowest BCUT2D eigenvalue weighted by molar-refractivity contribution is 0.0904. The SMILES string of the molecule is O=C(CN1CCCN(CCO)CC1)c1ccco1. The molecule has 0 bridgehead atoms. The molecule has 18 heavy (non-hydrogen) atoms. The van der Waals surface area contributed by atoms with E-state index in [4.69, 9.17) is 9.52 Å². The molecule has 100 valence electrons. The van der Waals surface area contributed by atoms with Crippen LogP contribution in [0.3, 0.4) is 0 Å². The normalized spacial score (nSPS) is 18.7. The van der Waals surface area contributed by atoms with E-state index in [1.54, 1.807) is 12.1 Å². The molecule has 2 heterocycles. The predicted octanol–water partition coefficient (Wildman–Crippen LogP) is 0.462. The summed E-state index contributed by atoms with van der Waals surface area (Å²) in [7, 11) is 0. The second kappa shape index (κ2) is 6.68. The van der Waals surface area contributed by atoms with Gasteiger partial charge in [0, 0.05) is 19.6 Å². The number of hydrogen-bond donors (Lipinski definition) is 1. The Bertz CT molecular complexity index is 364. The summed E-state index contributed by atoms with van der Waals surface area (Å²) < 4.78 is 5.11. The van der Waals surface area contributed by atoms with Crippen molar-refractivity contribution in [1.82, 2.24) is 9.80 Å². The number of carbonyl (C=O) groups excluding carboxylic acids is 1. The highest BCUT2D eigenvalue weighted by Crippen LogP contribution is 2.06. The predicted molar refractivity (Wildman–Crippen MR) is 67.6 cm³/mol. The van der Waals surface area contributed by atoms with Gasteiger partial charge in [-0.05, 0) is 31.6 Å². The Balaban J connectivity index is 1.81. The summed E-state index contributed by atoms with van der Waals surface area (Å²) in [6, 6.07) is 3.44. The summed E-state index contributed by atoms with van der Waals surface area (Å²) >= 11 is 0. The van der Waals surface area contributed by atoms with Crippen LogP contribution in [0.25, 0.3) is 0 Å². The number of aliphatic hydroxyl groups is 1. The maximum atomic E-state index is 11.9. The third-order valence-electron chi connectivity index (χ3n) is 3.26. The smallest absolute Gasteiger partial charge is 0.211 e. The van der Waals surface area contributed by atoms with Gasteiger partial charge in [0.1, 0.15) is 0 Å². The van der Waals surface area contributed by atoms with E-state index in [-0.39, 0.29) is 12.4 Å². The van der Waals surface area contributed by atoms with Crippen LogP contribution in [0, 0.1) is 0 Å². The summed E-state index contributed by atoms with van der Waals surface area (Å²) in [6.45, 7) is 5.03. The van der Waals surface area contributed by atoms with Gasteiger partial charge in [0.15, 0.2) is 5.76 Å². The molecule has 0 amide bonds. The first-order valence-corrected chi connectivity index (χ1v) is 6.42. The summed E-state index contributed by atoms with van der Waals surface area (Å²) in [4.78, 5) is 16.3. The van der Waals surface area contributed by atoms with E-state index in [0.29, 0.717) is 12.3 Å². The molecule has 0 spiro atoms. The highest BCUT2D eigenvalue weighted by molar-refractivity contribution is 5.94. The van der Waals surface area contributed by atoms with Crippen molar-refractivity contribution in [2.75, 3.05) is 45.9 Å². The monoisotopic (exact) mass is 252 g/mol. The third-order valence-corrected chi connectivity index (χ3v) is 3.26. The molecular weight excluding hydrogens is 232 g/mol. The van der Waals surface area contributed by atoms with E-state index in [0.717, 1.165) is 39.1 Å². The van der Waals surface area contributed by atoms with Crippen LogP contribution >= 0.6 is 0 Å². The number of nitrogens with zero attached hydrogens (tertiary/aromatic N) is 2. The molecule has 0 saturated carbocycles. The molecule has 0 aliphatic carbocycles. The molecule has 0 radical (unpaired) electrons. The fraction of sp³-hybridized carbons (Fsp3) is 0.615. The number of β-amino-alcohol motifs (C(OH)–C–C–N with tert-alkyl or cyclic N) is 1. The Kier molecular flexibility index (Phi) is 4.92. The van der Waals surface area contributed by atoms with Crippen LogP contribution in [0.5, 0.6) is 0 Å². The molecule has 1 aromatic rings. The van der Waals surface area contributed by atoms with Gasteiger partial charge in [0.05, 0.1) is 19.4 Å². The van der Waals surface area contributed by atoms with Crippen molar-refractivity contribution < 1.29 is 14.3 Å². The molecular formula is C13H20N2O3. The highest BCUT2D eigenvalue weighted by atomic mass is 16.3. The van der Waals surface area contributed by atoms with E-state index >= 15 is 0 Å². The Morgan fingerprint density at radius 2 is 2.06 bits per heavy atom. The second-order valence-electron chi connectivity index (χ2n) is 4.60. The molecule has 1 N–H and O–H groups in total. The average molecular weight is 252 g/mol. The van der Waals surface area contributed by atoms with Crippen LogP contribution < -0.4 is 0 Å². The van der Waals surface area contributed by atoms with Crippen molar-refractivity contribution in [2.24, 2.45) is 0 Å². The van der Waals surface area contributed by atoms with Crippen LogP contribution in [-0.2, 0) is 0 Å². The largest absolute Gasteiger partial charge is 0.461 e. The van der Waals surface area contributed by atoms with Crippen molar-refractivity contribution in [3.8, 4) is 0 Å². The molecule has 0 aromatic carbocycles. The quantitative estimate of drug-likeness (QED) is 0.772. The number of rotatable bonds is 5. The first-order valence-electron chi connectivity index (χ1n) is 6.42. The third kappa shape index (κ3) is 3.66. The summed E-state index contributed by atoms with van der Waals surface area (Å²) in [5, 5.41) is 8.92. The minimum atomic E-state index is 0.0376. The Hall–Kier alpha value is -1.17. The van der Waals surface area contributed by atoms with E-state index in [1.165, 1.54) is 6.26 Å². The van der Waals surface area contributed by atoms with Crippen LogP contribution in [0.2, 0.25) is 0 Å². The van der Waals surface area contributed by atoms with Crippen molar-refractivity contribution in [3.05, 3.63) is 24.2 Å². The molecule has 1 aliphatic rings. The lowest BCUT2D eigenvalue weighted by Gasteiger charge is -2.20. The molecule has 1 aliphatic heterocycles. The van der Waals surface area contributed by atoms with E-state index in [1.807, 2.05) is 0 Å². The Morgan fingerprint density at radius 1 is 1.28 bits per heavy atom. The first kappa shape index (κ1) is 13.3.